The van der Waals surface area contributed by atoms with Crippen LogP contribution < -0.4 is 4.74 Å². The zero-order chi connectivity index (χ0) is 11.3. The predicted octanol–water partition coefficient (Wildman–Crippen LogP) is 2.65. The second kappa shape index (κ2) is 5.18. The van der Waals surface area contributed by atoms with Crippen molar-refractivity contribution in [2.75, 3.05) is 13.2 Å². The van der Waals surface area contributed by atoms with Crippen molar-refractivity contribution in [1.29, 1.82) is 0 Å². The molecule has 0 radical (unpaired) electrons. The monoisotopic (exact) mass is 241 g/mol. The first-order valence-corrected chi connectivity index (χ1v) is 4.31. The number of ether oxygens (including phenoxy) is 2. The first-order valence-electron chi connectivity index (χ1n) is 3.93. The van der Waals surface area contributed by atoms with E-state index in [-0.39, 0.29) is 17.5 Å². The number of hydrogen-bond donors (Lipinski definition) is 0. The van der Waals surface area contributed by atoms with Crippen molar-refractivity contribution in [1.82, 2.24) is 4.98 Å². The molecule has 0 fully saturated rings. The van der Waals surface area contributed by atoms with Crippen molar-refractivity contribution >= 4 is 11.6 Å². The zero-order valence-electron chi connectivity index (χ0n) is 7.42. The first kappa shape index (κ1) is 12.1. The van der Waals surface area contributed by atoms with Crippen molar-refractivity contribution in [3.05, 3.63) is 23.5 Å². The van der Waals surface area contributed by atoms with Gasteiger partial charge in [0.15, 0.2) is 10.9 Å². The quantitative estimate of drug-likeness (QED) is 0.600. The number of halogens is 4. The first-order chi connectivity index (χ1) is 6.99. The van der Waals surface area contributed by atoms with Crippen LogP contribution in [0.1, 0.15) is 0 Å². The highest BCUT2D eigenvalue weighted by atomic mass is 35.5. The lowest BCUT2D eigenvalue weighted by molar-refractivity contribution is -0.325. The molecule has 1 rings (SSSR count). The molecule has 1 aromatic rings. The van der Waals surface area contributed by atoms with Gasteiger partial charge in [-0.05, 0) is 12.1 Å². The molecule has 0 amide bonds. The molecule has 1 aromatic heterocycles. The fourth-order valence-electron chi connectivity index (χ4n) is 0.788. The van der Waals surface area contributed by atoms with Crippen LogP contribution in [0.2, 0.25) is 5.15 Å². The Bertz CT molecular complexity index is 319. The van der Waals surface area contributed by atoms with Crippen LogP contribution in [0.5, 0.6) is 5.75 Å². The second-order valence-electron chi connectivity index (χ2n) is 2.44. The fourth-order valence-corrected chi connectivity index (χ4v) is 0.962. The maximum Gasteiger partial charge on any atom is 0.522 e. The number of aromatic nitrogens is 1. The van der Waals surface area contributed by atoms with Crippen LogP contribution in [0.25, 0.3) is 0 Å². The minimum Gasteiger partial charge on any atom is -0.488 e. The predicted molar refractivity (Wildman–Crippen MR) is 46.7 cm³/mol. The molecular formula is C8H7ClF3NO2. The summed E-state index contributed by atoms with van der Waals surface area (Å²) in [4.78, 5) is 3.68. The molecule has 0 unspecified atom stereocenters. The number of pyridine rings is 1. The normalized spacial score (nSPS) is 11.5. The van der Waals surface area contributed by atoms with E-state index in [1.165, 1.54) is 12.3 Å². The Balaban J connectivity index is 2.30. The van der Waals surface area contributed by atoms with E-state index in [0.717, 1.165) is 0 Å². The summed E-state index contributed by atoms with van der Waals surface area (Å²) in [5, 5.41) is 0.101. The van der Waals surface area contributed by atoms with Gasteiger partial charge in [0.1, 0.15) is 6.61 Å². The van der Waals surface area contributed by atoms with E-state index in [1.807, 2.05) is 0 Å². The summed E-state index contributed by atoms with van der Waals surface area (Å²) in [5.74, 6) is 0.227. The lowest BCUT2D eigenvalue weighted by Crippen LogP contribution is -2.18. The van der Waals surface area contributed by atoms with Crippen LogP contribution in [0, 0.1) is 0 Å². The summed E-state index contributed by atoms with van der Waals surface area (Å²) in [6.45, 7) is -0.834. The summed E-state index contributed by atoms with van der Waals surface area (Å²) >= 11 is 5.59. The van der Waals surface area contributed by atoms with E-state index in [1.54, 1.807) is 6.07 Å². The number of nitrogens with zero attached hydrogens (tertiary/aromatic N) is 1. The average Bonchev–Trinajstić information content (AvgIpc) is 2.13. The fraction of sp³-hybridized carbons (Fsp3) is 0.375. The van der Waals surface area contributed by atoms with Gasteiger partial charge in [0.2, 0.25) is 0 Å². The van der Waals surface area contributed by atoms with E-state index in [4.69, 9.17) is 16.3 Å². The average molecular weight is 242 g/mol. The third-order valence-electron chi connectivity index (χ3n) is 1.33. The van der Waals surface area contributed by atoms with Crippen LogP contribution in [-0.4, -0.2) is 24.6 Å². The zero-order valence-corrected chi connectivity index (χ0v) is 8.18. The van der Waals surface area contributed by atoms with Gasteiger partial charge in [-0.2, -0.15) is 0 Å². The Morgan fingerprint density at radius 2 is 2.07 bits per heavy atom. The number of rotatable bonds is 4. The largest absolute Gasteiger partial charge is 0.522 e. The topological polar surface area (TPSA) is 31.4 Å². The standard InChI is InChI=1S/C8H7ClF3NO2/c9-7-6(2-1-3-13-7)14-4-5-15-8(10,11)12/h1-3H,4-5H2. The van der Waals surface area contributed by atoms with Crippen LogP contribution in [0.4, 0.5) is 13.2 Å². The SMILES string of the molecule is FC(F)(F)OCCOc1cccnc1Cl. The van der Waals surface area contributed by atoms with Crippen molar-refractivity contribution in [3.8, 4) is 5.75 Å². The van der Waals surface area contributed by atoms with E-state index in [9.17, 15) is 13.2 Å². The highest BCUT2D eigenvalue weighted by Gasteiger charge is 2.28. The van der Waals surface area contributed by atoms with Gasteiger partial charge in [0.25, 0.3) is 0 Å². The molecule has 0 saturated carbocycles. The Morgan fingerprint density at radius 1 is 1.33 bits per heavy atom. The molecule has 0 aromatic carbocycles. The maximum absolute atomic E-state index is 11.5. The summed E-state index contributed by atoms with van der Waals surface area (Å²) < 4.78 is 43.0. The molecule has 15 heavy (non-hydrogen) atoms. The van der Waals surface area contributed by atoms with Gasteiger partial charge >= 0.3 is 6.36 Å². The third-order valence-corrected chi connectivity index (χ3v) is 1.62. The van der Waals surface area contributed by atoms with Crippen molar-refractivity contribution < 1.29 is 22.6 Å². The summed E-state index contributed by atoms with van der Waals surface area (Å²) in [6, 6.07) is 3.06. The van der Waals surface area contributed by atoms with E-state index in [0.29, 0.717) is 0 Å². The van der Waals surface area contributed by atoms with E-state index in [2.05, 4.69) is 9.72 Å². The molecule has 3 nitrogen and oxygen atoms in total. The number of alkyl halides is 3. The van der Waals surface area contributed by atoms with Crippen LogP contribution in [-0.2, 0) is 4.74 Å². The Morgan fingerprint density at radius 3 is 2.67 bits per heavy atom. The van der Waals surface area contributed by atoms with Gasteiger partial charge < -0.3 is 4.74 Å². The Labute approximate surface area is 88.8 Å². The van der Waals surface area contributed by atoms with Crippen molar-refractivity contribution in [2.45, 2.75) is 6.36 Å². The molecule has 0 N–H and O–H groups in total. The van der Waals surface area contributed by atoms with E-state index < -0.39 is 13.0 Å². The molecule has 0 aliphatic heterocycles. The van der Waals surface area contributed by atoms with Crippen LogP contribution in [0.3, 0.4) is 0 Å². The minimum absolute atomic E-state index is 0.101. The molecule has 1 heterocycles. The van der Waals surface area contributed by atoms with Crippen LogP contribution >= 0.6 is 11.6 Å². The molecule has 0 aliphatic carbocycles. The Hall–Kier alpha value is -1.01. The summed E-state index contributed by atoms with van der Waals surface area (Å²) in [5.41, 5.74) is 0. The summed E-state index contributed by atoms with van der Waals surface area (Å²) in [7, 11) is 0. The number of hydrogen-bond acceptors (Lipinski definition) is 3. The van der Waals surface area contributed by atoms with Gasteiger partial charge in [-0.15, -0.1) is 13.2 Å². The molecule has 0 spiro atoms. The molecule has 0 atom stereocenters. The van der Waals surface area contributed by atoms with Gasteiger partial charge in [-0.3, -0.25) is 4.74 Å². The lowest BCUT2D eigenvalue weighted by atomic mass is 10.5. The summed E-state index contributed by atoms with van der Waals surface area (Å²) in [6.07, 6.45) is -3.19. The Kier molecular flexibility index (Phi) is 4.16. The van der Waals surface area contributed by atoms with E-state index >= 15 is 0 Å². The lowest BCUT2D eigenvalue weighted by Gasteiger charge is -2.09. The molecule has 0 bridgehead atoms. The minimum atomic E-state index is -4.64. The molecule has 0 saturated heterocycles. The highest BCUT2D eigenvalue weighted by molar-refractivity contribution is 6.30. The highest BCUT2D eigenvalue weighted by Crippen LogP contribution is 2.20. The molecule has 84 valence electrons. The smallest absolute Gasteiger partial charge is 0.488 e. The van der Waals surface area contributed by atoms with Crippen molar-refractivity contribution in [3.63, 3.8) is 0 Å². The molecular weight excluding hydrogens is 235 g/mol. The van der Waals surface area contributed by atoms with Crippen molar-refractivity contribution in [2.24, 2.45) is 0 Å². The van der Waals surface area contributed by atoms with Gasteiger partial charge in [0.05, 0.1) is 6.61 Å². The van der Waals surface area contributed by atoms with Gasteiger partial charge in [0, 0.05) is 6.20 Å². The molecule has 0 aliphatic rings. The van der Waals surface area contributed by atoms with Crippen LogP contribution in [0.15, 0.2) is 18.3 Å². The molecule has 7 heteroatoms. The maximum atomic E-state index is 11.5. The second-order valence-corrected chi connectivity index (χ2v) is 2.79. The van der Waals surface area contributed by atoms with Gasteiger partial charge in [-0.25, -0.2) is 4.98 Å². The van der Waals surface area contributed by atoms with Gasteiger partial charge in [-0.1, -0.05) is 11.6 Å². The third kappa shape index (κ3) is 4.85.